The zero-order chi connectivity index (χ0) is 43.6. The molecule has 6 nitrogen and oxygen atoms in total. The van der Waals surface area contributed by atoms with Gasteiger partial charge in [0, 0.05) is 50.0 Å². The SMILES string of the molecule is c1ccc(-c2ccc3c(c2)c2cc(-c4ccccc4)ccc2n3-c2ccc3nn(-c4ccc(N(c5ccccc5)c5ccc6c(c5)c5ccccc5n6-c5ccccc5)cc4)nc3c2)cc1. The first kappa shape index (κ1) is 37.5. The van der Waals surface area contributed by atoms with Crippen LogP contribution in [-0.2, 0) is 0 Å². The predicted molar refractivity (Wildman–Crippen MR) is 273 cm³/mol. The molecule has 0 saturated heterocycles. The Hall–Kier alpha value is -9.00. The van der Waals surface area contributed by atoms with Gasteiger partial charge in [0.15, 0.2) is 0 Å². The molecule has 6 heteroatoms. The molecule has 0 atom stereocenters. The van der Waals surface area contributed by atoms with Crippen LogP contribution >= 0.6 is 0 Å². The van der Waals surface area contributed by atoms with Gasteiger partial charge in [-0.1, -0.05) is 127 Å². The Kier molecular flexibility index (Phi) is 8.74. The van der Waals surface area contributed by atoms with E-state index in [1.807, 2.05) is 0 Å². The molecule has 0 bridgehead atoms. The van der Waals surface area contributed by atoms with E-state index < -0.39 is 0 Å². The summed E-state index contributed by atoms with van der Waals surface area (Å²) in [5.74, 6) is 0. The molecular formula is C60H40N6. The average molecular weight is 845 g/mol. The summed E-state index contributed by atoms with van der Waals surface area (Å²) in [6.07, 6.45) is 0. The minimum Gasteiger partial charge on any atom is -0.310 e. The molecule has 0 aliphatic rings. The van der Waals surface area contributed by atoms with Gasteiger partial charge in [0.2, 0.25) is 0 Å². The predicted octanol–water partition coefficient (Wildman–Crippen LogP) is 15.4. The number of aromatic nitrogens is 5. The first-order valence-corrected chi connectivity index (χ1v) is 22.3. The maximum absolute atomic E-state index is 5.08. The Bertz CT molecular complexity index is 3810. The van der Waals surface area contributed by atoms with E-state index in [0.29, 0.717) is 0 Å². The second kappa shape index (κ2) is 15.4. The molecule has 0 aliphatic heterocycles. The van der Waals surface area contributed by atoms with Gasteiger partial charge in [-0.15, -0.1) is 10.2 Å². The number of anilines is 3. The molecule has 3 aromatic heterocycles. The average Bonchev–Trinajstić information content (AvgIpc) is 4.07. The van der Waals surface area contributed by atoms with Crippen molar-refractivity contribution in [2.24, 2.45) is 0 Å². The first-order valence-electron chi connectivity index (χ1n) is 22.3. The summed E-state index contributed by atoms with van der Waals surface area (Å²) in [5.41, 5.74) is 17.3. The summed E-state index contributed by atoms with van der Waals surface area (Å²) >= 11 is 0. The van der Waals surface area contributed by atoms with Gasteiger partial charge < -0.3 is 14.0 Å². The quantitative estimate of drug-likeness (QED) is 0.153. The fourth-order valence-corrected chi connectivity index (χ4v) is 9.79. The van der Waals surface area contributed by atoms with Crippen LogP contribution in [0.15, 0.2) is 243 Å². The van der Waals surface area contributed by atoms with E-state index in [2.05, 4.69) is 257 Å². The summed E-state index contributed by atoms with van der Waals surface area (Å²) in [6.45, 7) is 0. The maximum Gasteiger partial charge on any atom is 0.115 e. The van der Waals surface area contributed by atoms with Crippen molar-refractivity contribution in [3.05, 3.63) is 243 Å². The van der Waals surface area contributed by atoms with Crippen LogP contribution in [0.5, 0.6) is 0 Å². The van der Waals surface area contributed by atoms with Crippen molar-refractivity contribution >= 4 is 71.7 Å². The Labute approximate surface area is 381 Å². The summed E-state index contributed by atoms with van der Waals surface area (Å²) in [6, 6.07) is 86.4. The minimum atomic E-state index is 0.822. The van der Waals surface area contributed by atoms with Crippen molar-refractivity contribution in [1.29, 1.82) is 0 Å². The molecular weight excluding hydrogens is 805 g/mol. The van der Waals surface area contributed by atoms with E-state index in [0.717, 1.165) is 56.2 Å². The highest BCUT2D eigenvalue weighted by molar-refractivity contribution is 6.12. The molecule has 0 radical (unpaired) electrons. The molecule has 0 unspecified atom stereocenters. The normalized spacial score (nSPS) is 11.6. The standard InChI is InChI=1S/C60H40N6/c1-5-15-41(16-6-1)43-25-34-58-52(37-43)53-38-44(42-17-7-2-8-18-42)26-35-59(53)65(58)50-31-33-55-56(40-50)62-66(61-55)48-29-27-47(28-30-48)63(45-19-9-3-10-20-45)49-32-36-60-54(39-49)51-23-13-14-24-57(51)64(60)46-21-11-4-12-22-46/h1-40H. The van der Waals surface area contributed by atoms with Gasteiger partial charge in [0.05, 0.1) is 27.8 Å². The van der Waals surface area contributed by atoms with Gasteiger partial charge in [0.1, 0.15) is 11.0 Å². The molecule has 0 amide bonds. The molecule has 66 heavy (non-hydrogen) atoms. The van der Waals surface area contributed by atoms with E-state index >= 15 is 0 Å². The van der Waals surface area contributed by atoms with Gasteiger partial charge in [-0.3, -0.25) is 0 Å². The van der Waals surface area contributed by atoms with E-state index in [1.165, 1.54) is 54.8 Å². The van der Waals surface area contributed by atoms with Crippen LogP contribution in [0.4, 0.5) is 17.1 Å². The molecule has 0 saturated carbocycles. The van der Waals surface area contributed by atoms with Crippen LogP contribution in [0.25, 0.3) is 94.0 Å². The fraction of sp³-hybridized carbons (Fsp3) is 0. The maximum atomic E-state index is 5.08. The minimum absolute atomic E-state index is 0.822. The highest BCUT2D eigenvalue weighted by Gasteiger charge is 2.19. The lowest BCUT2D eigenvalue weighted by Crippen LogP contribution is -2.10. The molecule has 0 fully saturated rings. The third-order valence-corrected chi connectivity index (χ3v) is 12.9. The van der Waals surface area contributed by atoms with Gasteiger partial charge in [0.25, 0.3) is 0 Å². The Morgan fingerprint density at radius 3 is 1.39 bits per heavy atom. The van der Waals surface area contributed by atoms with Crippen molar-refractivity contribution < 1.29 is 0 Å². The molecule has 13 aromatic rings. The molecule has 3 heterocycles. The smallest absolute Gasteiger partial charge is 0.115 e. The monoisotopic (exact) mass is 844 g/mol. The van der Waals surface area contributed by atoms with E-state index in [-0.39, 0.29) is 0 Å². The zero-order valence-corrected chi connectivity index (χ0v) is 35.8. The number of para-hydroxylation sites is 3. The molecule has 10 aromatic carbocycles. The second-order valence-electron chi connectivity index (χ2n) is 16.8. The van der Waals surface area contributed by atoms with Crippen molar-refractivity contribution in [1.82, 2.24) is 24.1 Å². The van der Waals surface area contributed by atoms with Gasteiger partial charge in [-0.05, 0) is 138 Å². The van der Waals surface area contributed by atoms with Crippen LogP contribution in [0.1, 0.15) is 0 Å². The summed E-state index contributed by atoms with van der Waals surface area (Å²) in [4.78, 5) is 4.06. The Balaban J connectivity index is 0.880. The molecule has 0 aliphatic carbocycles. The number of rotatable bonds is 8. The zero-order valence-electron chi connectivity index (χ0n) is 35.8. The van der Waals surface area contributed by atoms with Crippen LogP contribution in [-0.4, -0.2) is 24.1 Å². The van der Waals surface area contributed by atoms with Gasteiger partial charge in [-0.2, -0.15) is 4.80 Å². The highest BCUT2D eigenvalue weighted by atomic mass is 15.5. The largest absolute Gasteiger partial charge is 0.310 e. The van der Waals surface area contributed by atoms with Gasteiger partial charge in [-0.25, -0.2) is 0 Å². The summed E-state index contributed by atoms with van der Waals surface area (Å²) < 4.78 is 4.71. The Morgan fingerprint density at radius 2 is 0.742 bits per heavy atom. The van der Waals surface area contributed by atoms with E-state index in [9.17, 15) is 0 Å². The first-order chi connectivity index (χ1) is 32.7. The number of hydrogen-bond donors (Lipinski definition) is 0. The number of nitrogens with zero attached hydrogens (tertiary/aromatic N) is 6. The Morgan fingerprint density at radius 1 is 0.273 bits per heavy atom. The number of benzene rings is 10. The van der Waals surface area contributed by atoms with Crippen LogP contribution in [0.3, 0.4) is 0 Å². The molecule has 310 valence electrons. The lowest BCUT2D eigenvalue weighted by molar-refractivity contribution is 0.765. The topological polar surface area (TPSA) is 43.8 Å². The fourth-order valence-electron chi connectivity index (χ4n) is 9.79. The molecule has 0 spiro atoms. The third kappa shape index (κ3) is 6.26. The number of fused-ring (bicyclic) bond motifs is 7. The van der Waals surface area contributed by atoms with Crippen molar-refractivity contribution in [2.75, 3.05) is 4.90 Å². The lowest BCUT2D eigenvalue weighted by atomic mass is 10.0. The van der Waals surface area contributed by atoms with Crippen LogP contribution < -0.4 is 4.90 Å². The van der Waals surface area contributed by atoms with Gasteiger partial charge >= 0.3 is 0 Å². The molecule has 13 rings (SSSR count). The van der Waals surface area contributed by atoms with E-state index in [1.54, 1.807) is 4.80 Å². The third-order valence-electron chi connectivity index (χ3n) is 12.9. The number of hydrogen-bond acceptors (Lipinski definition) is 3. The lowest BCUT2D eigenvalue weighted by Gasteiger charge is -2.25. The van der Waals surface area contributed by atoms with Crippen molar-refractivity contribution in [2.45, 2.75) is 0 Å². The van der Waals surface area contributed by atoms with E-state index in [4.69, 9.17) is 10.2 Å². The van der Waals surface area contributed by atoms with Crippen LogP contribution in [0, 0.1) is 0 Å². The summed E-state index contributed by atoms with van der Waals surface area (Å²) in [5, 5.41) is 14.9. The highest BCUT2D eigenvalue weighted by Crippen LogP contribution is 2.41. The molecule has 0 N–H and O–H groups in total. The summed E-state index contributed by atoms with van der Waals surface area (Å²) in [7, 11) is 0. The second-order valence-corrected chi connectivity index (χ2v) is 16.8. The van der Waals surface area contributed by atoms with Crippen LogP contribution in [0.2, 0.25) is 0 Å². The van der Waals surface area contributed by atoms with Crippen molar-refractivity contribution in [3.63, 3.8) is 0 Å². The van der Waals surface area contributed by atoms with Crippen molar-refractivity contribution in [3.8, 4) is 39.3 Å².